The lowest BCUT2D eigenvalue weighted by molar-refractivity contribution is -0.129. The van der Waals surface area contributed by atoms with Crippen LogP contribution in [0.5, 0.6) is 0 Å². The molecule has 2 rings (SSSR count). The highest BCUT2D eigenvalue weighted by Crippen LogP contribution is 2.25. The average molecular weight is 293 g/mol. The van der Waals surface area contributed by atoms with Crippen LogP contribution in [0.25, 0.3) is 0 Å². The third-order valence-corrected chi connectivity index (χ3v) is 3.84. The first-order valence-electron chi connectivity index (χ1n) is 7.58. The van der Waals surface area contributed by atoms with Crippen LogP contribution in [-0.4, -0.2) is 41.3 Å². The molecule has 2 amide bonds. The molecule has 1 N–H and O–H groups in total. The standard InChI is InChI=1S/C16H23NO4/c1-12-5-4-6-13(9-12)10-14-11-21-16(20)17(14)15(19)7-2-3-8-18/h4,6,9,12,14,18H,2-3,5,7-8,10-11H2,1H3. The Morgan fingerprint density at radius 3 is 3.00 bits per heavy atom. The molecule has 5 nitrogen and oxygen atoms in total. The second kappa shape index (κ2) is 7.41. The van der Waals surface area contributed by atoms with Gasteiger partial charge in [-0.1, -0.05) is 25.2 Å². The van der Waals surface area contributed by atoms with Crippen LogP contribution in [-0.2, 0) is 9.53 Å². The Morgan fingerprint density at radius 1 is 1.48 bits per heavy atom. The van der Waals surface area contributed by atoms with Gasteiger partial charge in [-0.2, -0.15) is 0 Å². The van der Waals surface area contributed by atoms with Gasteiger partial charge in [0.15, 0.2) is 0 Å². The Balaban J connectivity index is 1.96. The number of cyclic esters (lactones) is 1. The number of imide groups is 1. The molecular formula is C16H23NO4. The first kappa shape index (κ1) is 15.8. The van der Waals surface area contributed by atoms with E-state index in [4.69, 9.17) is 9.84 Å². The summed E-state index contributed by atoms with van der Waals surface area (Å²) >= 11 is 0. The van der Waals surface area contributed by atoms with Crippen LogP contribution in [0.15, 0.2) is 23.8 Å². The maximum absolute atomic E-state index is 12.2. The molecule has 0 aromatic rings. The summed E-state index contributed by atoms with van der Waals surface area (Å²) in [6.07, 6.45) is 8.97. The first-order chi connectivity index (χ1) is 10.1. The van der Waals surface area contributed by atoms with Gasteiger partial charge in [-0.15, -0.1) is 0 Å². The highest BCUT2D eigenvalue weighted by molar-refractivity contribution is 5.93. The summed E-state index contributed by atoms with van der Waals surface area (Å²) in [7, 11) is 0. The predicted molar refractivity (Wildman–Crippen MR) is 78.5 cm³/mol. The van der Waals surface area contributed by atoms with Crippen molar-refractivity contribution in [3.63, 3.8) is 0 Å². The quantitative estimate of drug-likeness (QED) is 0.764. The van der Waals surface area contributed by atoms with Gasteiger partial charge in [0.25, 0.3) is 0 Å². The number of nitrogens with zero attached hydrogens (tertiary/aromatic N) is 1. The normalized spacial score (nSPS) is 25.0. The van der Waals surface area contributed by atoms with Crippen LogP contribution in [0.3, 0.4) is 0 Å². The molecule has 1 saturated heterocycles. The Kier molecular flexibility index (Phi) is 5.56. The number of amides is 2. The monoisotopic (exact) mass is 293 g/mol. The molecule has 21 heavy (non-hydrogen) atoms. The molecule has 0 aromatic carbocycles. The van der Waals surface area contributed by atoms with Crippen LogP contribution >= 0.6 is 0 Å². The van der Waals surface area contributed by atoms with Crippen molar-refractivity contribution in [3.05, 3.63) is 23.8 Å². The largest absolute Gasteiger partial charge is 0.447 e. The van der Waals surface area contributed by atoms with Crippen molar-refractivity contribution < 1.29 is 19.4 Å². The lowest BCUT2D eigenvalue weighted by atomic mass is 9.94. The number of aliphatic hydroxyl groups excluding tert-OH is 1. The summed E-state index contributed by atoms with van der Waals surface area (Å²) in [4.78, 5) is 25.2. The number of hydrogen-bond acceptors (Lipinski definition) is 4. The minimum atomic E-state index is -0.539. The van der Waals surface area contributed by atoms with Gasteiger partial charge >= 0.3 is 6.09 Å². The van der Waals surface area contributed by atoms with Crippen LogP contribution in [0.4, 0.5) is 4.79 Å². The van der Waals surface area contributed by atoms with Gasteiger partial charge < -0.3 is 9.84 Å². The van der Waals surface area contributed by atoms with Crippen LogP contribution in [0.1, 0.15) is 39.0 Å². The Bertz CT molecular complexity index is 455. The fourth-order valence-corrected chi connectivity index (χ4v) is 2.76. The van der Waals surface area contributed by atoms with Gasteiger partial charge in [0.1, 0.15) is 6.61 Å². The van der Waals surface area contributed by atoms with Gasteiger partial charge in [0.05, 0.1) is 6.04 Å². The van der Waals surface area contributed by atoms with Gasteiger partial charge in [0.2, 0.25) is 5.91 Å². The lowest BCUT2D eigenvalue weighted by Crippen LogP contribution is -2.39. The number of unbranched alkanes of at least 4 members (excludes halogenated alkanes) is 1. The zero-order chi connectivity index (χ0) is 15.2. The third kappa shape index (κ3) is 4.17. The van der Waals surface area contributed by atoms with E-state index in [-0.39, 0.29) is 31.6 Å². The van der Waals surface area contributed by atoms with Crippen molar-refractivity contribution in [1.29, 1.82) is 0 Å². The molecule has 1 heterocycles. The van der Waals surface area contributed by atoms with Crippen molar-refractivity contribution >= 4 is 12.0 Å². The molecule has 0 saturated carbocycles. The van der Waals surface area contributed by atoms with E-state index in [0.29, 0.717) is 25.2 Å². The minimum absolute atomic E-state index is 0.0662. The predicted octanol–water partition coefficient (Wildman–Crippen LogP) is 2.41. The van der Waals surface area contributed by atoms with Crippen LogP contribution in [0, 0.1) is 5.92 Å². The molecular weight excluding hydrogens is 270 g/mol. The molecule has 2 unspecified atom stereocenters. The van der Waals surface area contributed by atoms with E-state index < -0.39 is 6.09 Å². The van der Waals surface area contributed by atoms with Crippen LogP contribution < -0.4 is 0 Å². The first-order valence-corrected chi connectivity index (χ1v) is 7.58. The summed E-state index contributed by atoms with van der Waals surface area (Å²) in [5, 5.41) is 8.76. The molecule has 0 bridgehead atoms. The number of carbonyl (C=O) groups is 2. The van der Waals surface area contributed by atoms with E-state index >= 15 is 0 Å². The third-order valence-electron chi connectivity index (χ3n) is 3.84. The summed E-state index contributed by atoms with van der Waals surface area (Å²) in [5.41, 5.74) is 1.16. The van der Waals surface area contributed by atoms with Gasteiger partial charge in [-0.25, -0.2) is 9.69 Å². The second-order valence-electron chi connectivity index (χ2n) is 5.74. The Labute approximate surface area is 125 Å². The molecule has 0 radical (unpaired) electrons. The number of ether oxygens (including phenoxy) is 1. The number of allylic oxidation sites excluding steroid dienone is 3. The zero-order valence-electron chi connectivity index (χ0n) is 12.5. The Morgan fingerprint density at radius 2 is 2.29 bits per heavy atom. The van der Waals surface area contributed by atoms with Gasteiger partial charge in [-0.05, 0) is 37.2 Å². The molecule has 2 aliphatic rings. The fraction of sp³-hybridized carbons (Fsp3) is 0.625. The Hall–Kier alpha value is -1.62. The average Bonchev–Trinajstić information content (AvgIpc) is 2.80. The molecule has 0 aromatic heterocycles. The van der Waals surface area contributed by atoms with Crippen molar-refractivity contribution in [2.45, 2.75) is 45.1 Å². The zero-order valence-corrected chi connectivity index (χ0v) is 12.5. The maximum atomic E-state index is 12.2. The topological polar surface area (TPSA) is 66.8 Å². The van der Waals surface area contributed by atoms with E-state index in [1.165, 1.54) is 4.90 Å². The molecule has 116 valence electrons. The number of rotatable bonds is 6. The van der Waals surface area contributed by atoms with Crippen molar-refractivity contribution in [2.24, 2.45) is 5.92 Å². The van der Waals surface area contributed by atoms with Gasteiger partial charge in [-0.3, -0.25) is 4.79 Å². The SMILES string of the molecule is CC1C=C(CC2COC(=O)N2C(=O)CCCCO)C=CC1. The molecule has 1 aliphatic carbocycles. The summed E-state index contributed by atoms with van der Waals surface area (Å²) in [6.45, 7) is 2.48. The van der Waals surface area contributed by atoms with E-state index in [0.717, 1.165) is 12.0 Å². The van der Waals surface area contributed by atoms with Crippen LogP contribution in [0.2, 0.25) is 0 Å². The van der Waals surface area contributed by atoms with Crippen molar-refractivity contribution in [1.82, 2.24) is 4.90 Å². The van der Waals surface area contributed by atoms with Crippen molar-refractivity contribution in [2.75, 3.05) is 13.2 Å². The smallest absolute Gasteiger partial charge is 0.416 e. The van der Waals surface area contributed by atoms with E-state index in [2.05, 4.69) is 25.2 Å². The van der Waals surface area contributed by atoms with Gasteiger partial charge in [0, 0.05) is 13.0 Å². The molecule has 2 atom stereocenters. The van der Waals surface area contributed by atoms with E-state index in [1.807, 2.05) is 0 Å². The molecule has 0 spiro atoms. The molecule has 1 fully saturated rings. The summed E-state index contributed by atoms with van der Waals surface area (Å²) in [6, 6.07) is -0.208. The summed E-state index contributed by atoms with van der Waals surface area (Å²) in [5.74, 6) is 0.293. The second-order valence-corrected chi connectivity index (χ2v) is 5.74. The van der Waals surface area contributed by atoms with E-state index in [9.17, 15) is 9.59 Å². The number of aliphatic hydroxyl groups is 1. The highest BCUT2D eigenvalue weighted by atomic mass is 16.6. The molecule has 5 heteroatoms. The molecule has 1 aliphatic heterocycles. The lowest BCUT2D eigenvalue weighted by Gasteiger charge is -2.21. The summed E-state index contributed by atoms with van der Waals surface area (Å²) < 4.78 is 5.04. The maximum Gasteiger partial charge on any atom is 0.416 e. The van der Waals surface area contributed by atoms with E-state index in [1.54, 1.807) is 0 Å². The number of carbonyl (C=O) groups excluding carboxylic acids is 2. The fourth-order valence-electron chi connectivity index (χ4n) is 2.76. The highest BCUT2D eigenvalue weighted by Gasteiger charge is 2.37. The number of hydrogen-bond donors (Lipinski definition) is 1. The minimum Gasteiger partial charge on any atom is -0.447 e. The van der Waals surface area contributed by atoms with Crippen molar-refractivity contribution in [3.8, 4) is 0 Å².